The maximum Gasteiger partial charge on any atom is 0.116 e. The van der Waals surface area contributed by atoms with Crippen molar-refractivity contribution in [1.82, 2.24) is 5.32 Å². The van der Waals surface area contributed by atoms with Crippen LogP contribution in [0.15, 0.2) is 23.9 Å². The Balaban J connectivity index is 2.57. The van der Waals surface area contributed by atoms with Crippen molar-refractivity contribution in [1.29, 1.82) is 0 Å². The summed E-state index contributed by atoms with van der Waals surface area (Å²) in [7, 11) is 0. The van der Waals surface area contributed by atoms with Gasteiger partial charge < -0.3 is 15.5 Å². The van der Waals surface area contributed by atoms with Gasteiger partial charge in [-0.05, 0) is 0 Å². The maximum atomic E-state index is 8.68. The van der Waals surface area contributed by atoms with Crippen LogP contribution in [0.1, 0.15) is 6.42 Å². The molecule has 3 N–H and O–H groups in total. The minimum Gasteiger partial charge on any atom is -0.510 e. The second-order valence-electron chi connectivity index (χ2n) is 1.61. The average molecular weight is 113 g/mol. The van der Waals surface area contributed by atoms with E-state index in [9.17, 15) is 0 Å². The molecule has 1 heterocycles. The van der Waals surface area contributed by atoms with E-state index in [0.29, 0.717) is 0 Å². The van der Waals surface area contributed by atoms with E-state index in [2.05, 4.69) is 5.32 Å². The molecule has 0 aromatic rings. The lowest BCUT2D eigenvalue weighted by atomic mass is 10.3. The van der Waals surface area contributed by atoms with Crippen molar-refractivity contribution in [2.24, 2.45) is 0 Å². The summed E-state index contributed by atoms with van der Waals surface area (Å²) >= 11 is 0. The molecule has 0 amide bonds. The van der Waals surface area contributed by atoms with Gasteiger partial charge in [-0.1, -0.05) is 0 Å². The minimum atomic E-state index is 0.157. The van der Waals surface area contributed by atoms with Gasteiger partial charge >= 0.3 is 0 Å². The van der Waals surface area contributed by atoms with Gasteiger partial charge in [0.15, 0.2) is 0 Å². The molecule has 0 aromatic carbocycles. The largest absolute Gasteiger partial charge is 0.510 e. The number of rotatable bonds is 0. The molecule has 1 aliphatic rings. The summed E-state index contributed by atoms with van der Waals surface area (Å²) in [6.07, 6.45) is 3.10. The van der Waals surface area contributed by atoms with Gasteiger partial charge in [0.25, 0.3) is 0 Å². The molecule has 3 nitrogen and oxygen atoms in total. The summed E-state index contributed by atoms with van der Waals surface area (Å²) < 4.78 is 0. The van der Waals surface area contributed by atoms with Crippen molar-refractivity contribution < 1.29 is 10.2 Å². The van der Waals surface area contributed by atoms with Gasteiger partial charge in [-0.15, -0.1) is 0 Å². The number of nitrogens with one attached hydrogen (secondary N) is 1. The Labute approximate surface area is 47.0 Å². The molecule has 44 valence electrons. The van der Waals surface area contributed by atoms with Crippen molar-refractivity contribution in [2.45, 2.75) is 6.42 Å². The molecule has 3 heteroatoms. The van der Waals surface area contributed by atoms with Gasteiger partial charge in [0.1, 0.15) is 11.5 Å². The van der Waals surface area contributed by atoms with Crippen molar-refractivity contribution >= 4 is 0 Å². The first kappa shape index (κ1) is 5.03. The number of aliphatic hydroxyl groups is 2. The molecule has 0 bridgehead atoms. The SMILES string of the molecule is OC1=CNC=C(O)C1. The molecule has 1 rings (SSSR count). The molecule has 1 aliphatic heterocycles. The van der Waals surface area contributed by atoms with Gasteiger partial charge in [0.05, 0.1) is 6.42 Å². The molecule has 0 saturated carbocycles. The van der Waals surface area contributed by atoms with Crippen LogP contribution in [-0.2, 0) is 0 Å². The lowest BCUT2D eigenvalue weighted by Crippen LogP contribution is -2.04. The fourth-order valence-corrected chi connectivity index (χ4v) is 0.522. The number of aliphatic hydroxyl groups excluding tert-OH is 2. The standard InChI is InChI=1S/C5H7NO2/c7-4-1-5(8)3-6-2-4/h2-3,6-8H,1H2. The van der Waals surface area contributed by atoms with Crippen LogP contribution < -0.4 is 5.32 Å². The fourth-order valence-electron chi connectivity index (χ4n) is 0.522. The Bertz CT molecular complexity index is 133. The van der Waals surface area contributed by atoms with Crippen LogP contribution in [-0.4, -0.2) is 10.2 Å². The molecule has 0 aliphatic carbocycles. The van der Waals surface area contributed by atoms with Crippen molar-refractivity contribution in [2.75, 3.05) is 0 Å². The highest BCUT2D eigenvalue weighted by atomic mass is 16.3. The summed E-state index contributed by atoms with van der Waals surface area (Å²) in [6.45, 7) is 0. The molecule has 0 radical (unpaired) electrons. The summed E-state index contributed by atoms with van der Waals surface area (Å²) in [4.78, 5) is 0. The van der Waals surface area contributed by atoms with E-state index in [1.807, 2.05) is 0 Å². The number of hydrogen-bond donors (Lipinski definition) is 3. The summed E-state index contributed by atoms with van der Waals surface area (Å²) in [6, 6.07) is 0. The normalized spacial score (nSPS) is 18.5. The maximum absolute atomic E-state index is 8.68. The number of hydrogen-bond acceptors (Lipinski definition) is 3. The first-order chi connectivity index (χ1) is 3.79. The van der Waals surface area contributed by atoms with Gasteiger partial charge in [0, 0.05) is 12.4 Å². The second kappa shape index (κ2) is 1.78. The summed E-state index contributed by atoms with van der Waals surface area (Å²) in [5.41, 5.74) is 0. The molecule has 0 atom stereocenters. The quantitative estimate of drug-likeness (QED) is 0.435. The van der Waals surface area contributed by atoms with E-state index < -0.39 is 0 Å². The topological polar surface area (TPSA) is 52.5 Å². The predicted octanol–water partition coefficient (Wildman–Crippen LogP) is 0.778. The van der Waals surface area contributed by atoms with E-state index in [0.717, 1.165) is 0 Å². The third kappa shape index (κ3) is 0.932. The third-order valence-electron chi connectivity index (χ3n) is 0.862. The van der Waals surface area contributed by atoms with E-state index >= 15 is 0 Å². The Hall–Kier alpha value is -1.12. The Kier molecular flexibility index (Phi) is 1.12. The monoisotopic (exact) mass is 113 g/mol. The van der Waals surface area contributed by atoms with E-state index in [-0.39, 0.29) is 17.9 Å². The molecule has 8 heavy (non-hydrogen) atoms. The van der Waals surface area contributed by atoms with Gasteiger partial charge in [-0.25, -0.2) is 0 Å². The van der Waals surface area contributed by atoms with Crippen LogP contribution in [0.25, 0.3) is 0 Å². The first-order valence-corrected chi connectivity index (χ1v) is 2.31. The van der Waals surface area contributed by atoms with E-state index in [1.54, 1.807) is 0 Å². The third-order valence-corrected chi connectivity index (χ3v) is 0.862. The zero-order chi connectivity index (χ0) is 5.98. The second-order valence-corrected chi connectivity index (χ2v) is 1.61. The minimum absolute atomic E-state index is 0.157. The fraction of sp³-hybridized carbons (Fsp3) is 0.200. The molecule has 0 fully saturated rings. The van der Waals surface area contributed by atoms with Crippen LogP contribution in [0.3, 0.4) is 0 Å². The van der Waals surface area contributed by atoms with E-state index in [1.165, 1.54) is 12.4 Å². The highest BCUT2D eigenvalue weighted by molar-refractivity contribution is 5.09. The lowest BCUT2D eigenvalue weighted by molar-refractivity contribution is 0.331. The molecule has 0 unspecified atom stereocenters. The molecule has 0 aromatic heterocycles. The van der Waals surface area contributed by atoms with Crippen LogP contribution in [0.4, 0.5) is 0 Å². The summed E-state index contributed by atoms with van der Waals surface area (Å²) in [5, 5.41) is 19.9. The van der Waals surface area contributed by atoms with E-state index in [4.69, 9.17) is 10.2 Å². The Morgan fingerprint density at radius 2 is 1.75 bits per heavy atom. The average Bonchev–Trinajstić information content (AvgIpc) is 1.64. The van der Waals surface area contributed by atoms with Crippen LogP contribution in [0, 0.1) is 0 Å². The van der Waals surface area contributed by atoms with Crippen molar-refractivity contribution in [3.8, 4) is 0 Å². The molecule has 0 spiro atoms. The molecule has 0 saturated heterocycles. The van der Waals surface area contributed by atoms with Crippen molar-refractivity contribution in [3.05, 3.63) is 23.9 Å². The Morgan fingerprint density at radius 1 is 1.25 bits per heavy atom. The lowest BCUT2D eigenvalue weighted by Gasteiger charge is -2.04. The van der Waals surface area contributed by atoms with Gasteiger partial charge in [-0.3, -0.25) is 0 Å². The van der Waals surface area contributed by atoms with Crippen LogP contribution in [0.5, 0.6) is 0 Å². The summed E-state index contributed by atoms with van der Waals surface area (Å²) in [5.74, 6) is 0.315. The molecular formula is C5H7NO2. The highest BCUT2D eigenvalue weighted by Crippen LogP contribution is 2.06. The van der Waals surface area contributed by atoms with Gasteiger partial charge in [-0.2, -0.15) is 0 Å². The zero-order valence-corrected chi connectivity index (χ0v) is 4.26. The van der Waals surface area contributed by atoms with Gasteiger partial charge in [0.2, 0.25) is 0 Å². The van der Waals surface area contributed by atoms with Crippen molar-refractivity contribution in [3.63, 3.8) is 0 Å². The molecular weight excluding hydrogens is 106 g/mol. The van der Waals surface area contributed by atoms with Crippen LogP contribution in [0.2, 0.25) is 0 Å². The first-order valence-electron chi connectivity index (χ1n) is 2.31. The van der Waals surface area contributed by atoms with Crippen LogP contribution >= 0.6 is 0 Å². The predicted molar refractivity (Wildman–Crippen MR) is 29.2 cm³/mol. The number of dihydropyridines is 1. The Morgan fingerprint density at radius 3 is 2.00 bits per heavy atom. The highest BCUT2D eigenvalue weighted by Gasteiger charge is 2.00. The zero-order valence-electron chi connectivity index (χ0n) is 4.26. The smallest absolute Gasteiger partial charge is 0.116 e.